The summed E-state index contributed by atoms with van der Waals surface area (Å²) >= 11 is 0. The summed E-state index contributed by atoms with van der Waals surface area (Å²) in [6.45, 7) is 4.67. The van der Waals surface area contributed by atoms with Gasteiger partial charge in [0.05, 0.1) is 12.0 Å². The van der Waals surface area contributed by atoms with Gasteiger partial charge < -0.3 is 9.99 Å². The van der Waals surface area contributed by atoms with Crippen LogP contribution in [0.3, 0.4) is 0 Å². The van der Waals surface area contributed by atoms with Gasteiger partial charge in [0.15, 0.2) is 5.82 Å². The van der Waals surface area contributed by atoms with E-state index in [1.165, 1.54) is 5.56 Å². The predicted molar refractivity (Wildman–Crippen MR) is 64.6 cm³/mol. The van der Waals surface area contributed by atoms with Crippen LogP contribution in [0.1, 0.15) is 11.3 Å². The molecule has 4 nitrogen and oxygen atoms in total. The molecule has 0 saturated heterocycles. The summed E-state index contributed by atoms with van der Waals surface area (Å²) in [5.41, 5.74) is 4.83. The lowest BCUT2D eigenvalue weighted by Gasteiger charge is -2.07. The van der Waals surface area contributed by atoms with Crippen LogP contribution in [-0.4, -0.2) is 9.55 Å². The molecule has 2 aromatic rings. The molecule has 1 aromatic heterocycles. The molecule has 0 aliphatic rings. The van der Waals surface area contributed by atoms with E-state index in [1.807, 2.05) is 18.2 Å². The van der Waals surface area contributed by atoms with Gasteiger partial charge in [-0.05, 0) is 18.9 Å². The molecule has 83 valence electrons. The highest BCUT2D eigenvalue weighted by Gasteiger charge is 2.07. The first kappa shape index (κ1) is 10.7. The van der Waals surface area contributed by atoms with Gasteiger partial charge in [0, 0.05) is 6.54 Å². The van der Waals surface area contributed by atoms with E-state index in [0.29, 0.717) is 12.2 Å². The molecule has 0 bridgehead atoms. The first-order valence-electron chi connectivity index (χ1n) is 5.19. The van der Waals surface area contributed by atoms with Crippen molar-refractivity contribution < 1.29 is 0 Å². The molecule has 16 heavy (non-hydrogen) atoms. The van der Waals surface area contributed by atoms with Gasteiger partial charge in [0.25, 0.3) is 0 Å². The molecule has 0 fully saturated rings. The molecular weight excluding hydrogens is 200 g/mol. The van der Waals surface area contributed by atoms with Crippen molar-refractivity contribution in [3.63, 3.8) is 0 Å². The van der Waals surface area contributed by atoms with Crippen molar-refractivity contribution in [2.75, 3.05) is 5.43 Å². The van der Waals surface area contributed by atoms with Crippen LogP contribution in [0.4, 0.5) is 5.82 Å². The zero-order chi connectivity index (χ0) is 11.4. The first-order valence-corrected chi connectivity index (χ1v) is 5.19. The minimum absolute atomic E-state index is 0.659. The Kier molecular flexibility index (Phi) is 3.22. The summed E-state index contributed by atoms with van der Waals surface area (Å²) in [4.78, 5) is 4.19. The van der Waals surface area contributed by atoms with Crippen molar-refractivity contribution in [1.82, 2.24) is 9.55 Å². The second-order valence-corrected chi connectivity index (χ2v) is 3.55. The number of rotatable bonds is 4. The monoisotopic (exact) mass is 215 g/mol. The maximum Gasteiger partial charge on any atom is 0.161 e. The van der Waals surface area contributed by atoms with Gasteiger partial charge in [0.2, 0.25) is 0 Å². The van der Waals surface area contributed by atoms with Gasteiger partial charge in [-0.1, -0.05) is 30.3 Å². The minimum Gasteiger partial charge on any atom is -0.328 e. The Bertz CT molecular complexity index is 447. The molecule has 0 atom stereocenters. The van der Waals surface area contributed by atoms with Crippen LogP contribution < -0.4 is 11.3 Å². The summed E-state index contributed by atoms with van der Waals surface area (Å²) in [5.74, 6) is 6.08. The topological polar surface area (TPSA) is 55.9 Å². The summed E-state index contributed by atoms with van der Waals surface area (Å²) in [5, 5.41) is 0. The molecule has 0 spiro atoms. The van der Waals surface area contributed by atoms with Crippen LogP contribution in [0.25, 0.3) is 0 Å². The number of hydrogen-bond acceptors (Lipinski definition) is 3. The van der Waals surface area contributed by atoms with Crippen LogP contribution in [0.15, 0.2) is 36.7 Å². The average Bonchev–Trinajstić information content (AvgIpc) is 2.72. The number of benzene rings is 1. The fraction of sp³-hybridized carbons (Fsp3) is 0.167. The Morgan fingerprint density at radius 3 is 2.69 bits per heavy atom. The summed E-state index contributed by atoms with van der Waals surface area (Å²) in [6, 6.07) is 10.2. The minimum atomic E-state index is 0.659. The zero-order valence-corrected chi connectivity index (χ0v) is 9.06. The molecule has 1 radical (unpaired) electrons. The number of nitrogen functional groups attached to an aromatic ring is 1. The summed E-state index contributed by atoms with van der Waals surface area (Å²) in [6.07, 6.45) is 2.44. The molecular formula is C12H15N4. The Labute approximate surface area is 95.1 Å². The molecule has 2 rings (SSSR count). The van der Waals surface area contributed by atoms with E-state index in [2.05, 4.69) is 34.0 Å². The lowest BCUT2D eigenvalue weighted by Crippen LogP contribution is -2.11. The predicted octanol–water partition coefficient (Wildman–Crippen LogP) is 1.59. The largest absolute Gasteiger partial charge is 0.328 e. The highest BCUT2D eigenvalue weighted by molar-refractivity contribution is 5.40. The maximum absolute atomic E-state index is 5.38. The van der Waals surface area contributed by atoms with Crippen molar-refractivity contribution in [3.8, 4) is 0 Å². The number of hydrazine groups is 1. The third-order valence-corrected chi connectivity index (χ3v) is 2.52. The van der Waals surface area contributed by atoms with Gasteiger partial charge >= 0.3 is 0 Å². The number of nitrogens with one attached hydrogen (secondary N) is 1. The highest BCUT2D eigenvalue weighted by Crippen LogP contribution is 2.14. The fourth-order valence-corrected chi connectivity index (χ4v) is 1.71. The fourth-order valence-electron chi connectivity index (χ4n) is 1.71. The molecule has 0 saturated carbocycles. The van der Waals surface area contributed by atoms with Crippen molar-refractivity contribution in [2.45, 2.75) is 13.0 Å². The molecule has 1 aromatic carbocycles. The van der Waals surface area contributed by atoms with E-state index >= 15 is 0 Å². The lowest BCUT2D eigenvalue weighted by atomic mass is 10.2. The normalized spacial score (nSPS) is 10.4. The second kappa shape index (κ2) is 4.81. The van der Waals surface area contributed by atoms with Crippen molar-refractivity contribution in [3.05, 3.63) is 54.8 Å². The SMILES string of the molecule is [CH2]Cc1c(NN)ncn1Cc1ccccc1. The smallest absolute Gasteiger partial charge is 0.161 e. The molecule has 0 aliphatic carbocycles. The summed E-state index contributed by atoms with van der Waals surface area (Å²) in [7, 11) is 0. The number of hydrogen-bond donors (Lipinski definition) is 2. The van der Waals surface area contributed by atoms with Crippen molar-refractivity contribution in [1.29, 1.82) is 0 Å². The van der Waals surface area contributed by atoms with Gasteiger partial charge in [-0.2, -0.15) is 0 Å². The molecule has 4 heteroatoms. The molecule has 1 heterocycles. The van der Waals surface area contributed by atoms with E-state index in [-0.39, 0.29) is 0 Å². The Balaban J connectivity index is 2.25. The van der Waals surface area contributed by atoms with Crippen LogP contribution in [0.2, 0.25) is 0 Å². The average molecular weight is 215 g/mol. The van der Waals surface area contributed by atoms with Gasteiger partial charge in [-0.25, -0.2) is 10.8 Å². The van der Waals surface area contributed by atoms with Crippen LogP contribution in [0.5, 0.6) is 0 Å². The lowest BCUT2D eigenvalue weighted by molar-refractivity contribution is 0.757. The number of nitrogens with zero attached hydrogens (tertiary/aromatic N) is 2. The quantitative estimate of drug-likeness (QED) is 0.601. The van der Waals surface area contributed by atoms with E-state index in [9.17, 15) is 0 Å². The van der Waals surface area contributed by atoms with E-state index < -0.39 is 0 Å². The zero-order valence-electron chi connectivity index (χ0n) is 9.06. The second-order valence-electron chi connectivity index (χ2n) is 3.55. The Morgan fingerprint density at radius 1 is 1.31 bits per heavy atom. The number of imidazole rings is 1. The molecule has 0 unspecified atom stereocenters. The van der Waals surface area contributed by atoms with Gasteiger partial charge in [-0.3, -0.25) is 0 Å². The van der Waals surface area contributed by atoms with Crippen LogP contribution >= 0.6 is 0 Å². The third kappa shape index (κ3) is 2.06. The summed E-state index contributed by atoms with van der Waals surface area (Å²) < 4.78 is 2.05. The Morgan fingerprint density at radius 2 is 2.06 bits per heavy atom. The number of nitrogens with two attached hydrogens (primary N) is 1. The third-order valence-electron chi connectivity index (χ3n) is 2.52. The molecule has 0 amide bonds. The van der Waals surface area contributed by atoms with E-state index in [1.54, 1.807) is 6.33 Å². The molecule has 3 N–H and O–H groups in total. The standard InChI is InChI=1S/C12H15N4/c1-2-11-12(15-13)14-9-16(11)8-10-6-4-3-5-7-10/h3-7,9,15H,1-2,8,13H2. The van der Waals surface area contributed by atoms with Crippen LogP contribution in [-0.2, 0) is 13.0 Å². The van der Waals surface area contributed by atoms with Gasteiger partial charge in [-0.15, -0.1) is 0 Å². The van der Waals surface area contributed by atoms with E-state index in [0.717, 1.165) is 12.2 Å². The van der Waals surface area contributed by atoms with Gasteiger partial charge in [0.1, 0.15) is 0 Å². The van der Waals surface area contributed by atoms with Crippen molar-refractivity contribution >= 4 is 5.82 Å². The first-order chi connectivity index (χ1) is 7.85. The van der Waals surface area contributed by atoms with Crippen molar-refractivity contribution in [2.24, 2.45) is 5.84 Å². The highest BCUT2D eigenvalue weighted by atomic mass is 15.3. The van der Waals surface area contributed by atoms with Crippen LogP contribution in [0, 0.1) is 6.92 Å². The maximum atomic E-state index is 5.38. The van der Waals surface area contributed by atoms with E-state index in [4.69, 9.17) is 5.84 Å². The Hall–Kier alpha value is -1.81. The molecule has 0 aliphatic heterocycles. The number of aromatic nitrogens is 2. The number of anilines is 1.